The van der Waals surface area contributed by atoms with E-state index >= 15 is 0 Å². The van der Waals surface area contributed by atoms with Gasteiger partial charge in [-0.1, -0.05) is 44.2 Å². The standard InChI is InChI=1S/C24H38N2O/c1-20(2)11-16-25(3)22-9-12-23(13-10-22)18-26(19-24(27-23)14-15-24)17-21-7-5-4-6-8-21/h4-8,20,22H,9-19H2,1-3H3. The highest BCUT2D eigenvalue weighted by molar-refractivity contribution is 5.16. The molecule has 0 atom stereocenters. The molecule has 3 aliphatic rings. The average Bonchev–Trinajstić information content (AvgIpc) is 3.38. The topological polar surface area (TPSA) is 15.7 Å². The Morgan fingerprint density at radius 3 is 2.26 bits per heavy atom. The largest absolute Gasteiger partial charge is 0.366 e. The average molecular weight is 371 g/mol. The van der Waals surface area contributed by atoms with E-state index in [-0.39, 0.29) is 11.2 Å². The maximum atomic E-state index is 6.85. The van der Waals surface area contributed by atoms with Gasteiger partial charge in [0, 0.05) is 25.7 Å². The second-order valence-electron chi connectivity index (χ2n) is 9.99. The molecule has 0 bridgehead atoms. The molecule has 0 radical (unpaired) electrons. The predicted octanol–water partition coefficient (Wildman–Crippen LogP) is 4.71. The van der Waals surface area contributed by atoms with Crippen molar-refractivity contribution in [2.24, 2.45) is 5.92 Å². The summed E-state index contributed by atoms with van der Waals surface area (Å²) in [7, 11) is 2.33. The van der Waals surface area contributed by atoms with Gasteiger partial charge in [0.05, 0.1) is 11.2 Å². The molecule has 2 spiro atoms. The number of hydrogen-bond acceptors (Lipinski definition) is 3. The Labute approximate surface area is 166 Å². The van der Waals surface area contributed by atoms with Crippen LogP contribution in [0.5, 0.6) is 0 Å². The van der Waals surface area contributed by atoms with Gasteiger partial charge in [-0.25, -0.2) is 0 Å². The van der Waals surface area contributed by atoms with Crippen LogP contribution in [-0.4, -0.2) is 53.7 Å². The molecule has 2 aliphatic carbocycles. The van der Waals surface area contributed by atoms with Crippen LogP contribution in [0.1, 0.15) is 64.4 Å². The van der Waals surface area contributed by atoms with Gasteiger partial charge in [0.1, 0.15) is 0 Å². The molecule has 0 N–H and O–H groups in total. The Kier molecular flexibility index (Phi) is 5.64. The predicted molar refractivity (Wildman–Crippen MR) is 112 cm³/mol. The Balaban J connectivity index is 1.36. The molecule has 4 rings (SSSR count). The maximum absolute atomic E-state index is 6.85. The SMILES string of the molecule is CC(C)CCN(C)C1CCC2(CC1)CN(Cc1ccccc1)CC1(CC1)O2. The molecule has 1 heterocycles. The third-order valence-corrected chi connectivity index (χ3v) is 7.06. The van der Waals surface area contributed by atoms with E-state index < -0.39 is 0 Å². The van der Waals surface area contributed by atoms with E-state index in [1.807, 2.05) is 0 Å². The van der Waals surface area contributed by atoms with E-state index in [0.717, 1.165) is 31.6 Å². The summed E-state index contributed by atoms with van der Waals surface area (Å²) in [4.78, 5) is 5.30. The van der Waals surface area contributed by atoms with Crippen molar-refractivity contribution in [3.05, 3.63) is 35.9 Å². The first-order chi connectivity index (χ1) is 13.0. The summed E-state index contributed by atoms with van der Waals surface area (Å²) >= 11 is 0. The van der Waals surface area contributed by atoms with E-state index in [1.165, 1.54) is 57.1 Å². The zero-order valence-electron chi connectivity index (χ0n) is 17.6. The van der Waals surface area contributed by atoms with Crippen molar-refractivity contribution in [2.75, 3.05) is 26.7 Å². The lowest BCUT2D eigenvalue weighted by molar-refractivity contribution is -0.188. The summed E-state index contributed by atoms with van der Waals surface area (Å²) in [6, 6.07) is 11.7. The Hall–Kier alpha value is -0.900. The van der Waals surface area contributed by atoms with Crippen LogP contribution in [0.2, 0.25) is 0 Å². The van der Waals surface area contributed by atoms with Gasteiger partial charge in [0.15, 0.2) is 0 Å². The van der Waals surface area contributed by atoms with Gasteiger partial charge in [-0.05, 0) is 70.0 Å². The van der Waals surface area contributed by atoms with Crippen molar-refractivity contribution in [1.29, 1.82) is 0 Å². The molecule has 0 aromatic heterocycles. The monoisotopic (exact) mass is 370 g/mol. The van der Waals surface area contributed by atoms with Gasteiger partial charge in [-0.2, -0.15) is 0 Å². The number of ether oxygens (including phenoxy) is 1. The van der Waals surface area contributed by atoms with Gasteiger partial charge in [0.25, 0.3) is 0 Å². The molecule has 0 unspecified atom stereocenters. The molecule has 1 aromatic carbocycles. The van der Waals surface area contributed by atoms with Crippen molar-refractivity contribution < 1.29 is 4.74 Å². The third kappa shape index (κ3) is 4.75. The minimum absolute atomic E-state index is 0.110. The van der Waals surface area contributed by atoms with Crippen LogP contribution >= 0.6 is 0 Å². The minimum Gasteiger partial charge on any atom is -0.366 e. The maximum Gasteiger partial charge on any atom is 0.0819 e. The quantitative estimate of drug-likeness (QED) is 0.721. The summed E-state index contributed by atoms with van der Waals surface area (Å²) in [5.41, 5.74) is 1.73. The van der Waals surface area contributed by atoms with Crippen molar-refractivity contribution in [3.8, 4) is 0 Å². The molecular formula is C24H38N2O. The molecule has 27 heavy (non-hydrogen) atoms. The van der Waals surface area contributed by atoms with Gasteiger partial charge in [-0.3, -0.25) is 4.90 Å². The highest BCUT2D eigenvalue weighted by Crippen LogP contribution is 2.50. The van der Waals surface area contributed by atoms with E-state index in [1.54, 1.807) is 0 Å². The lowest BCUT2D eigenvalue weighted by Crippen LogP contribution is -2.58. The van der Waals surface area contributed by atoms with Crippen molar-refractivity contribution in [2.45, 2.75) is 82.6 Å². The second kappa shape index (κ2) is 7.85. The lowest BCUT2D eigenvalue weighted by Gasteiger charge is -2.51. The summed E-state index contributed by atoms with van der Waals surface area (Å²) < 4.78 is 6.85. The van der Waals surface area contributed by atoms with Gasteiger partial charge < -0.3 is 9.64 Å². The van der Waals surface area contributed by atoms with E-state index in [2.05, 4.69) is 61.0 Å². The highest BCUT2D eigenvalue weighted by atomic mass is 16.5. The fraction of sp³-hybridized carbons (Fsp3) is 0.750. The molecular weight excluding hydrogens is 332 g/mol. The van der Waals surface area contributed by atoms with Crippen LogP contribution in [0.25, 0.3) is 0 Å². The first kappa shape index (κ1) is 19.4. The molecule has 3 nitrogen and oxygen atoms in total. The zero-order valence-corrected chi connectivity index (χ0v) is 17.6. The fourth-order valence-corrected chi connectivity index (χ4v) is 5.22. The molecule has 3 heteroatoms. The number of hydrogen-bond donors (Lipinski definition) is 0. The van der Waals surface area contributed by atoms with Crippen LogP contribution in [0.4, 0.5) is 0 Å². The molecule has 2 saturated carbocycles. The van der Waals surface area contributed by atoms with Crippen LogP contribution in [0.15, 0.2) is 30.3 Å². The molecule has 1 aliphatic heterocycles. The molecule has 1 saturated heterocycles. The first-order valence-electron chi connectivity index (χ1n) is 11.1. The number of rotatable bonds is 6. The molecule has 3 fully saturated rings. The van der Waals surface area contributed by atoms with E-state index in [9.17, 15) is 0 Å². The summed E-state index contributed by atoms with van der Waals surface area (Å²) in [6.07, 6.45) is 8.89. The van der Waals surface area contributed by atoms with Crippen molar-refractivity contribution in [1.82, 2.24) is 9.80 Å². The van der Waals surface area contributed by atoms with Crippen molar-refractivity contribution in [3.63, 3.8) is 0 Å². The Bertz CT molecular complexity index is 602. The number of morpholine rings is 1. The smallest absolute Gasteiger partial charge is 0.0819 e. The highest BCUT2D eigenvalue weighted by Gasteiger charge is 2.55. The van der Waals surface area contributed by atoms with E-state index in [0.29, 0.717) is 0 Å². The normalized spacial score (nSPS) is 30.5. The van der Waals surface area contributed by atoms with Crippen LogP contribution in [-0.2, 0) is 11.3 Å². The minimum atomic E-state index is 0.110. The summed E-state index contributed by atoms with van der Waals surface area (Å²) in [6.45, 7) is 9.21. The number of nitrogens with zero attached hydrogens (tertiary/aromatic N) is 2. The van der Waals surface area contributed by atoms with Gasteiger partial charge >= 0.3 is 0 Å². The molecule has 150 valence electrons. The summed E-state index contributed by atoms with van der Waals surface area (Å²) in [5, 5.41) is 0. The Morgan fingerprint density at radius 2 is 1.67 bits per heavy atom. The van der Waals surface area contributed by atoms with Crippen LogP contribution < -0.4 is 0 Å². The van der Waals surface area contributed by atoms with Gasteiger partial charge in [-0.15, -0.1) is 0 Å². The van der Waals surface area contributed by atoms with Crippen molar-refractivity contribution >= 4 is 0 Å². The summed E-state index contributed by atoms with van der Waals surface area (Å²) in [5.74, 6) is 0.797. The molecule has 1 aromatic rings. The van der Waals surface area contributed by atoms with Gasteiger partial charge in [0.2, 0.25) is 0 Å². The third-order valence-electron chi connectivity index (χ3n) is 7.06. The fourth-order valence-electron chi connectivity index (χ4n) is 5.22. The first-order valence-corrected chi connectivity index (χ1v) is 11.1. The molecule has 0 amide bonds. The zero-order chi connectivity index (χ0) is 18.9. The lowest BCUT2D eigenvalue weighted by atomic mass is 9.79. The number of benzene rings is 1. The Morgan fingerprint density at radius 1 is 1.04 bits per heavy atom. The van der Waals surface area contributed by atoms with E-state index in [4.69, 9.17) is 4.74 Å². The van der Waals surface area contributed by atoms with Crippen LogP contribution in [0.3, 0.4) is 0 Å². The second-order valence-corrected chi connectivity index (χ2v) is 9.99. The van der Waals surface area contributed by atoms with Crippen LogP contribution in [0, 0.1) is 5.92 Å².